The van der Waals surface area contributed by atoms with Gasteiger partial charge in [-0.3, -0.25) is 0 Å². The van der Waals surface area contributed by atoms with E-state index in [1.807, 2.05) is 29.6 Å². The van der Waals surface area contributed by atoms with Crippen molar-refractivity contribution < 1.29 is 4.42 Å². The van der Waals surface area contributed by atoms with Gasteiger partial charge in [0, 0.05) is 22.7 Å². The second-order valence-electron chi connectivity index (χ2n) is 3.14. The van der Waals surface area contributed by atoms with Gasteiger partial charge in [0.05, 0.1) is 6.26 Å². The summed E-state index contributed by atoms with van der Waals surface area (Å²) in [6, 6.07) is 7.92. The molecule has 15 heavy (non-hydrogen) atoms. The van der Waals surface area contributed by atoms with Gasteiger partial charge >= 0.3 is 0 Å². The largest absolute Gasteiger partial charge is 0.464 e. The number of hydrogen-bond acceptors (Lipinski definition) is 4. The fourth-order valence-corrected chi connectivity index (χ4v) is 2.00. The number of anilines is 2. The minimum absolute atomic E-state index is 0.901. The molecule has 0 aliphatic heterocycles. The number of furan rings is 1. The van der Waals surface area contributed by atoms with Crippen LogP contribution in [0.1, 0.15) is 0 Å². The van der Waals surface area contributed by atoms with Crippen molar-refractivity contribution in [3.05, 3.63) is 42.1 Å². The minimum Gasteiger partial charge on any atom is -0.464 e. The van der Waals surface area contributed by atoms with E-state index in [0.29, 0.717) is 0 Å². The lowest BCUT2D eigenvalue weighted by Gasteiger charge is -2.01. The van der Waals surface area contributed by atoms with Crippen LogP contribution in [0.5, 0.6) is 0 Å². The number of benzene rings is 1. The Morgan fingerprint density at radius 3 is 3.13 bits per heavy atom. The monoisotopic (exact) mass is 216 g/mol. The van der Waals surface area contributed by atoms with E-state index in [4.69, 9.17) is 4.42 Å². The molecule has 1 N–H and O–H groups in total. The first-order chi connectivity index (χ1) is 7.42. The Bertz CT molecular complexity index is 571. The molecule has 2 aromatic heterocycles. The Kier molecular flexibility index (Phi) is 1.93. The summed E-state index contributed by atoms with van der Waals surface area (Å²) in [6.07, 6.45) is 3.47. The second-order valence-corrected chi connectivity index (χ2v) is 4.03. The van der Waals surface area contributed by atoms with E-state index < -0.39 is 0 Å². The maximum atomic E-state index is 5.27. The maximum Gasteiger partial charge on any atom is 0.187 e. The van der Waals surface area contributed by atoms with Crippen LogP contribution in [0.4, 0.5) is 10.8 Å². The van der Waals surface area contributed by atoms with Crippen LogP contribution in [0, 0.1) is 0 Å². The molecule has 2 heterocycles. The number of thiazole rings is 1. The van der Waals surface area contributed by atoms with Gasteiger partial charge < -0.3 is 9.73 Å². The van der Waals surface area contributed by atoms with Gasteiger partial charge in [0.25, 0.3) is 0 Å². The normalized spacial score (nSPS) is 10.7. The van der Waals surface area contributed by atoms with Crippen LogP contribution in [0.3, 0.4) is 0 Å². The molecule has 0 aliphatic carbocycles. The van der Waals surface area contributed by atoms with Crippen molar-refractivity contribution in [3.63, 3.8) is 0 Å². The summed E-state index contributed by atoms with van der Waals surface area (Å²) in [5.74, 6) is 0. The summed E-state index contributed by atoms with van der Waals surface area (Å²) in [5.41, 5.74) is 1.93. The van der Waals surface area contributed by atoms with Gasteiger partial charge in [0.15, 0.2) is 5.13 Å². The van der Waals surface area contributed by atoms with Crippen molar-refractivity contribution in [2.24, 2.45) is 0 Å². The summed E-state index contributed by atoms with van der Waals surface area (Å²) < 4.78 is 5.27. The fraction of sp³-hybridized carbons (Fsp3) is 0. The first-order valence-corrected chi connectivity index (χ1v) is 5.43. The third-order valence-corrected chi connectivity index (χ3v) is 2.82. The Morgan fingerprint density at radius 2 is 2.27 bits per heavy atom. The Morgan fingerprint density at radius 1 is 1.27 bits per heavy atom. The molecule has 0 saturated heterocycles. The van der Waals surface area contributed by atoms with Crippen LogP contribution in [0.15, 0.2) is 46.5 Å². The first-order valence-electron chi connectivity index (χ1n) is 4.55. The second kappa shape index (κ2) is 3.40. The quantitative estimate of drug-likeness (QED) is 0.710. The van der Waals surface area contributed by atoms with E-state index in [0.717, 1.165) is 21.8 Å². The van der Waals surface area contributed by atoms with Gasteiger partial charge in [-0.2, -0.15) is 0 Å². The molecule has 0 spiro atoms. The van der Waals surface area contributed by atoms with Gasteiger partial charge in [0.2, 0.25) is 0 Å². The summed E-state index contributed by atoms with van der Waals surface area (Å²) >= 11 is 1.58. The zero-order chi connectivity index (χ0) is 10.1. The van der Waals surface area contributed by atoms with Gasteiger partial charge in [0.1, 0.15) is 5.58 Å². The zero-order valence-electron chi connectivity index (χ0n) is 7.81. The fourth-order valence-electron chi connectivity index (χ4n) is 1.45. The average Bonchev–Trinajstić information content (AvgIpc) is 2.87. The maximum absolute atomic E-state index is 5.27. The zero-order valence-corrected chi connectivity index (χ0v) is 8.62. The number of hydrogen-bond donors (Lipinski definition) is 1. The van der Waals surface area contributed by atoms with Crippen molar-refractivity contribution in [2.45, 2.75) is 0 Å². The van der Waals surface area contributed by atoms with Crippen LogP contribution >= 0.6 is 11.3 Å². The lowest BCUT2D eigenvalue weighted by atomic mass is 10.2. The SMILES string of the molecule is c1csc(Nc2ccc3occc3c2)n1. The van der Waals surface area contributed by atoms with E-state index in [1.54, 1.807) is 23.8 Å². The van der Waals surface area contributed by atoms with Crippen molar-refractivity contribution in [2.75, 3.05) is 5.32 Å². The molecule has 0 aliphatic rings. The van der Waals surface area contributed by atoms with Crippen LogP contribution < -0.4 is 5.32 Å². The number of rotatable bonds is 2. The van der Waals surface area contributed by atoms with Crippen molar-refractivity contribution in [1.82, 2.24) is 4.98 Å². The van der Waals surface area contributed by atoms with Gasteiger partial charge in [-0.1, -0.05) is 0 Å². The lowest BCUT2D eigenvalue weighted by molar-refractivity contribution is 0.616. The van der Waals surface area contributed by atoms with E-state index >= 15 is 0 Å². The predicted molar refractivity (Wildman–Crippen MR) is 61.6 cm³/mol. The first kappa shape index (κ1) is 8.49. The topological polar surface area (TPSA) is 38.1 Å². The number of nitrogens with zero attached hydrogens (tertiary/aromatic N) is 1. The van der Waals surface area contributed by atoms with Crippen LogP contribution in [-0.4, -0.2) is 4.98 Å². The molecule has 0 fully saturated rings. The molecule has 0 saturated carbocycles. The predicted octanol–water partition coefficient (Wildman–Crippen LogP) is 3.63. The molecule has 0 unspecified atom stereocenters. The number of nitrogens with one attached hydrogen (secondary N) is 1. The van der Waals surface area contributed by atoms with E-state index in [2.05, 4.69) is 10.3 Å². The highest BCUT2D eigenvalue weighted by Crippen LogP contribution is 2.23. The third-order valence-electron chi connectivity index (χ3n) is 2.14. The van der Waals surface area contributed by atoms with Crippen LogP contribution in [-0.2, 0) is 0 Å². The van der Waals surface area contributed by atoms with E-state index in [9.17, 15) is 0 Å². The Balaban J connectivity index is 1.97. The van der Waals surface area contributed by atoms with Gasteiger partial charge in [-0.05, 0) is 24.3 Å². The number of fused-ring (bicyclic) bond motifs is 1. The lowest BCUT2D eigenvalue weighted by Crippen LogP contribution is -1.87. The summed E-state index contributed by atoms with van der Waals surface area (Å²) in [4.78, 5) is 4.16. The van der Waals surface area contributed by atoms with E-state index in [-0.39, 0.29) is 0 Å². The van der Waals surface area contributed by atoms with Crippen molar-refractivity contribution >= 4 is 33.1 Å². The highest BCUT2D eigenvalue weighted by molar-refractivity contribution is 7.13. The van der Waals surface area contributed by atoms with Crippen LogP contribution in [0.2, 0.25) is 0 Å². The molecule has 3 nitrogen and oxygen atoms in total. The molecule has 0 radical (unpaired) electrons. The molecule has 0 amide bonds. The molecule has 3 aromatic rings. The third kappa shape index (κ3) is 1.59. The van der Waals surface area contributed by atoms with Gasteiger partial charge in [-0.15, -0.1) is 11.3 Å². The summed E-state index contributed by atoms with van der Waals surface area (Å²) in [6.45, 7) is 0. The van der Waals surface area contributed by atoms with Gasteiger partial charge in [-0.25, -0.2) is 4.98 Å². The molecular weight excluding hydrogens is 208 g/mol. The Labute approximate surface area is 90.4 Å². The molecule has 0 atom stereocenters. The average molecular weight is 216 g/mol. The molecule has 4 heteroatoms. The Hall–Kier alpha value is -1.81. The molecule has 74 valence electrons. The standard InChI is InChI=1S/C11H8N2OS/c1-2-10-8(3-5-14-10)7-9(1)13-11-12-4-6-15-11/h1-7H,(H,12,13). The molecular formula is C11H8N2OS. The summed E-state index contributed by atoms with van der Waals surface area (Å²) in [5, 5.41) is 7.17. The number of aromatic nitrogens is 1. The molecule has 1 aromatic carbocycles. The van der Waals surface area contributed by atoms with E-state index in [1.165, 1.54) is 0 Å². The highest BCUT2D eigenvalue weighted by Gasteiger charge is 2.00. The molecule has 3 rings (SSSR count). The smallest absolute Gasteiger partial charge is 0.187 e. The minimum atomic E-state index is 0.901. The summed E-state index contributed by atoms with van der Waals surface area (Å²) in [7, 11) is 0. The van der Waals surface area contributed by atoms with Crippen molar-refractivity contribution in [3.8, 4) is 0 Å². The highest BCUT2D eigenvalue weighted by atomic mass is 32.1. The molecule has 0 bridgehead atoms. The van der Waals surface area contributed by atoms with Crippen molar-refractivity contribution in [1.29, 1.82) is 0 Å². The van der Waals surface area contributed by atoms with Crippen LogP contribution in [0.25, 0.3) is 11.0 Å².